The molecule has 3 atom stereocenters. The van der Waals surface area contributed by atoms with Gasteiger partial charge in [0, 0.05) is 41.7 Å². The zero-order valence-electron chi connectivity index (χ0n) is 22.9. The Bertz CT molecular complexity index is 1410. The summed E-state index contributed by atoms with van der Waals surface area (Å²) < 4.78 is 12.8. The van der Waals surface area contributed by atoms with Crippen LogP contribution >= 0.6 is 0 Å². The highest BCUT2D eigenvalue weighted by Gasteiger charge is 2.30. The molecular weight excluding hydrogens is 486 g/mol. The molecule has 2 heterocycles. The van der Waals surface area contributed by atoms with Gasteiger partial charge in [-0.25, -0.2) is 0 Å². The Morgan fingerprint density at radius 3 is 2.64 bits per heavy atom. The van der Waals surface area contributed by atoms with Gasteiger partial charge >= 0.3 is 0 Å². The molecule has 1 saturated heterocycles. The number of nitrogens with two attached hydrogens (primary N) is 1. The first-order valence-electron chi connectivity index (χ1n) is 13.6. The lowest BCUT2D eigenvalue weighted by Gasteiger charge is -2.31. The fourth-order valence-corrected chi connectivity index (χ4v) is 5.57. The van der Waals surface area contributed by atoms with E-state index in [0.717, 1.165) is 63.9 Å². The molecule has 202 valence electrons. The summed E-state index contributed by atoms with van der Waals surface area (Å²) in [4.78, 5) is 2.50. The van der Waals surface area contributed by atoms with Crippen molar-refractivity contribution in [3.8, 4) is 17.2 Å². The van der Waals surface area contributed by atoms with E-state index in [-0.39, 0.29) is 11.9 Å². The first-order chi connectivity index (χ1) is 18.9. The number of nitrogens with one attached hydrogen (secondary N) is 1. The second-order valence-electron chi connectivity index (χ2n) is 10.7. The van der Waals surface area contributed by atoms with Gasteiger partial charge in [-0.05, 0) is 91.4 Å². The van der Waals surface area contributed by atoms with E-state index in [4.69, 9.17) is 20.6 Å². The molecule has 0 aromatic heterocycles. The standard InChI is InChI=1S/C33H37N3O3/c1-21-13-14-36(19-21)22(2)20-38-29-10-7-24(8-11-29)33-32(26-5-4-6-28(37)15-26)23(3)30-16-25(27(17-34)18-35)9-12-31(30)39-33/h4-12,15-18,21-22,33-34,37H,13-14,19-20,35H2,1-3H3/b27-18+,34-17?. The summed E-state index contributed by atoms with van der Waals surface area (Å²) in [5.41, 5.74) is 12.1. The smallest absolute Gasteiger partial charge is 0.150 e. The van der Waals surface area contributed by atoms with Crippen molar-refractivity contribution in [2.45, 2.75) is 39.3 Å². The van der Waals surface area contributed by atoms with Crippen LogP contribution in [-0.4, -0.2) is 42.0 Å². The zero-order valence-corrected chi connectivity index (χ0v) is 22.9. The third kappa shape index (κ3) is 5.57. The van der Waals surface area contributed by atoms with Crippen molar-refractivity contribution in [3.05, 3.63) is 95.2 Å². The van der Waals surface area contributed by atoms with E-state index in [2.05, 4.69) is 37.8 Å². The maximum atomic E-state index is 10.3. The number of fused-ring (bicyclic) bond motifs is 1. The molecule has 0 bridgehead atoms. The Labute approximate surface area is 230 Å². The third-order valence-corrected chi connectivity index (χ3v) is 7.87. The fourth-order valence-electron chi connectivity index (χ4n) is 5.57. The number of phenols is 1. The highest BCUT2D eigenvalue weighted by Crippen LogP contribution is 2.47. The average Bonchev–Trinajstić information content (AvgIpc) is 3.39. The van der Waals surface area contributed by atoms with Crippen LogP contribution in [-0.2, 0) is 0 Å². The molecule has 0 spiro atoms. The van der Waals surface area contributed by atoms with E-state index < -0.39 is 0 Å². The zero-order chi connectivity index (χ0) is 27.5. The van der Waals surface area contributed by atoms with Gasteiger partial charge in [-0.15, -0.1) is 0 Å². The summed E-state index contributed by atoms with van der Waals surface area (Å²) in [5.74, 6) is 2.56. The van der Waals surface area contributed by atoms with Crippen LogP contribution in [0.4, 0.5) is 0 Å². The monoisotopic (exact) mass is 523 g/mol. The van der Waals surface area contributed by atoms with Crippen LogP contribution in [0, 0.1) is 11.3 Å². The maximum Gasteiger partial charge on any atom is 0.150 e. The summed E-state index contributed by atoms with van der Waals surface area (Å²) >= 11 is 0. The summed E-state index contributed by atoms with van der Waals surface area (Å²) in [5, 5.41) is 18.0. The molecule has 6 heteroatoms. The number of benzene rings is 3. The van der Waals surface area contributed by atoms with Gasteiger partial charge in [0.05, 0.1) is 0 Å². The molecule has 0 saturated carbocycles. The average molecular weight is 524 g/mol. The molecule has 2 aliphatic heterocycles. The lowest BCUT2D eigenvalue weighted by Crippen LogP contribution is -2.35. The molecule has 3 unspecified atom stereocenters. The van der Waals surface area contributed by atoms with Gasteiger partial charge in [0.25, 0.3) is 0 Å². The van der Waals surface area contributed by atoms with Crippen LogP contribution in [0.3, 0.4) is 0 Å². The Morgan fingerprint density at radius 2 is 1.97 bits per heavy atom. The first-order valence-corrected chi connectivity index (χ1v) is 13.6. The van der Waals surface area contributed by atoms with Crippen LogP contribution in [0.15, 0.2) is 72.9 Å². The molecule has 6 nitrogen and oxygen atoms in total. The van der Waals surface area contributed by atoms with Crippen LogP contribution < -0.4 is 15.2 Å². The van der Waals surface area contributed by atoms with Crippen LogP contribution in [0.5, 0.6) is 17.2 Å². The van der Waals surface area contributed by atoms with Gasteiger partial charge in [-0.3, -0.25) is 4.90 Å². The van der Waals surface area contributed by atoms with Crippen molar-refractivity contribution in [1.82, 2.24) is 4.90 Å². The fraction of sp³-hybridized carbons (Fsp3) is 0.303. The highest BCUT2D eigenvalue weighted by molar-refractivity contribution is 6.08. The predicted octanol–water partition coefficient (Wildman–Crippen LogP) is 6.51. The third-order valence-electron chi connectivity index (χ3n) is 7.87. The number of aromatic hydroxyl groups is 1. The lowest BCUT2D eigenvalue weighted by molar-refractivity contribution is 0.169. The number of allylic oxidation sites excluding steroid dienone is 2. The van der Waals surface area contributed by atoms with E-state index in [0.29, 0.717) is 18.2 Å². The molecule has 3 aromatic carbocycles. The quantitative estimate of drug-likeness (QED) is 0.293. The summed E-state index contributed by atoms with van der Waals surface area (Å²) in [7, 11) is 0. The Hall–Kier alpha value is -4.03. The molecule has 0 amide bonds. The van der Waals surface area contributed by atoms with Crippen molar-refractivity contribution in [3.63, 3.8) is 0 Å². The molecule has 3 aromatic rings. The summed E-state index contributed by atoms with van der Waals surface area (Å²) in [6, 6.07) is 21.6. The number of nitrogens with zero attached hydrogens (tertiary/aromatic N) is 1. The van der Waals surface area contributed by atoms with Gasteiger partial charge in [0.15, 0.2) is 0 Å². The first kappa shape index (κ1) is 26.6. The molecule has 0 radical (unpaired) electrons. The minimum Gasteiger partial charge on any atom is -0.508 e. The molecule has 5 rings (SSSR count). The van der Waals surface area contributed by atoms with Crippen molar-refractivity contribution < 1.29 is 14.6 Å². The van der Waals surface area contributed by atoms with Crippen LogP contribution in [0.25, 0.3) is 16.7 Å². The normalized spacial score (nSPS) is 20.3. The molecule has 4 N–H and O–H groups in total. The van der Waals surface area contributed by atoms with Crippen LogP contribution in [0.2, 0.25) is 0 Å². The van der Waals surface area contributed by atoms with E-state index in [9.17, 15) is 5.11 Å². The number of hydrogen-bond donors (Lipinski definition) is 3. The minimum absolute atomic E-state index is 0.202. The van der Waals surface area contributed by atoms with Crippen molar-refractivity contribution in [2.75, 3.05) is 19.7 Å². The van der Waals surface area contributed by atoms with Gasteiger partial charge in [0.1, 0.15) is 30.0 Å². The SMILES string of the molecule is CC1=C(c2cccc(O)c2)C(c2ccc(OCC(C)N3CCC(C)C3)cc2)Oc2ccc(/C(C=N)=C/N)cc21. The molecular formula is C33H37N3O3. The maximum absolute atomic E-state index is 10.3. The number of likely N-dealkylation sites (tertiary alicyclic amines) is 1. The lowest BCUT2D eigenvalue weighted by atomic mass is 9.85. The van der Waals surface area contributed by atoms with Crippen molar-refractivity contribution in [2.24, 2.45) is 11.7 Å². The summed E-state index contributed by atoms with van der Waals surface area (Å²) in [6.07, 6.45) is 3.58. The van der Waals surface area contributed by atoms with Gasteiger partial charge in [0.2, 0.25) is 0 Å². The van der Waals surface area contributed by atoms with E-state index >= 15 is 0 Å². The Kier molecular flexibility index (Phi) is 7.75. The number of rotatable bonds is 8. The largest absolute Gasteiger partial charge is 0.508 e. The van der Waals surface area contributed by atoms with E-state index in [1.54, 1.807) is 12.1 Å². The number of phenolic OH excluding ortho intramolecular Hbond substituents is 1. The van der Waals surface area contributed by atoms with E-state index in [1.165, 1.54) is 18.8 Å². The number of hydrogen-bond acceptors (Lipinski definition) is 6. The Morgan fingerprint density at radius 1 is 1.18 bits per heavy atom. The molecule has 2 aliphatic rings. The highest BCUT2D eigenvalue weighted by atomic mass is 16.5. The summed E-state index contributed by atoms with van der Waals surface area (Å²) in [6.45, 7) is 9.55. The molecule has 39 heavy (non-hydrogen) atoms. The van der Waals surface area contributed by atoms with E-state index in [1.807, 2.05) is 42.5 Å². The van der Waals surface area contributed by atoms with Crippen molar-refractivity contribution >= 4 is 22.9 Å². The minimum atomic E-state index is -0.364. The molecule has 1 fully saturated rings. The molecule has 0 aliphatic carbocycles. The van der Waals surface area contributed by atoms with Gasteiger partial charge in [-0.2, -0.15) is 0 Å². The van der Waals surface area contributed by atoms with Gasteiger partial charge in [-0.1, -0.05) is 37.3 Å². The topological polar surface area (TPSA) is 91.8 Å². The second-order valence-corrected chi connectivity index (χ2v) is 10.7. The Balaban J connectivity index is 1.45. The predicted molar refractivity (Wildman–Crippen MR) is 158 cm³/mol. The van der Waals surface area contributed by atoms with Crippen molar-refractivity contribution in [1.29, 1.82) is 5.41 Å². The number of ether oxygens (including phenoxy) is 2. The van der Waals surface area contributed by atoms with Crippen LogP contribution in [0.1, 0.15) is 55.5 Å². The second kappa shape index (κ2) is 11.4. The van der Waals surface area contributed by atoms with Gasteiger partial charge < -0.3 is 25.7 Å².